The summed E-state index contributed by atoms with van der Waals surface area (Å²) in [5, 5.41) is 33.9. The summed E-state index contributed by atoms with van der Waals surface area (Å²) in [4.78, 5) is 0. The number of nitrogens with one attached hydrogen (secondary N) is 1. The highest BCUT2D eigenvalue weighted by molar-refractivity contribution is 4.99. The minimum absolute atomic E-state index is 0.0333. The summed E-state index contributed by atoms with van der Waals surface area (Å²) >= 11 is 0. The van der Waals surface area contributed by atoms with Crippen LogP contribution in [0.4, 0.5) is 0 Å². The Hall–Kier alpha value is -0.480. The predicted molar refractivity (Wildman–Crippen MR) is 116 cm³/mol. The maximum Gasteiger partial charge on any atom is 0.187 e. The normalized spacial score (nSPS) is 51.2. The van der Waals surface area contributed by atoms with Gasteiger partial charge >= 0.3 is 0 Å². The van der Waals surface area contributed by atoms with Crippen LogP contribution in [0.2, 0.25) is 0 Å². The molecule has 3 saturated heterocycles. The highest BCUT2D eigenvalue weighted by Crippen LogP contribution is 2.35. The Morgan fingerprint density at radius 3 is 2.27 bits per heavy atom. The maximum absolute atomic E-state index is 11.1. The molecule has 10 N–H and O–H groups in total. The second-order valence-corrected chi connectivity index (χ2v) is 9.72. The molecule has 0 amide bonds. The van der Waals surface area contributed by atoms with E-state index in [-0.39, 0.29) is 25.2 Å². The summed E-state index contributed by atoms with van der Waals surface area (Å²) < 4.78 is 29.9. The maximum atomic E-state index is 11.1. The van der Waals surface area contributed by atoms with Crippen LogP contribution < -0.4 is 22.5 Å². The second kappa shape index (κ2) is 11.1. The fourth-order valence-electron chi connectivity index (χ4n) is 5.22. The smallest absolute Gasteiger partial charge is 0.187 e. The molecule has 0 aromatic carbocycles. The molecule has 4 rings (SSSR count). The van der Waals surface area contributed by atoms with Crippen molar-refractivity contribution >= 4 is 0 Å². The highest BCUT2D eigenvalue weighted by atomic mass is 16.8. The van der Waals surface area contributed by atoms with Crippen molar-refractivity contribution < 1.29 is 39.0 Å². The van der Waals surface area contributed by atoms with Gasteiger partial charge < -0.3 is 61.5 Å². The van der Waals surface area contributed by atoms with Crippen LogP contribution in [0.3, 0.4) is 0 Å². The molecule has 0 radical (unpaired) electrons. The number of hydrogen-bond acceptors (Lipinski definition) is 12. The lowest BCUT2D eigenvalue weighted by atomic mass is 9.90. The molecule has 3 aliphatic heterocycles. The van der Waals surface area contributed by atoms with Crippen LogP contribution >= 0.6 is 0 Å². The number of hydrogen-bond donors (Lipinski definition) is 7. The van der Waals surface area contributed by atoms with Crippen LogP contribution in [0.15, 0.2) is 0 Å². The first-order chi connectivity index (χ1) is 15.8. The zero-order chi connectivity index (χ0) is 23.7. The average Bonchev–Trinajstić information content (AvgIpc) is 2.78. The van der Waals surface area contributed by atoms with Crippen molar-refractivity contribution in [1.29, 1.82) is 0 Å². The average molecular weight is 477 g/mol. The summed E-state index contributed by atoms with van der Waals surface area (Å²) in [5.41, 5.74) is 18.2. The van der Waals surface area contributed by atoms with Gasteiger partial charge in [0.2, 0.25) is 0 Å². The second-order valence-electron chi connectivity index (χ2n) is 9.72. The van der Waals surface area contributed by atoms with Gasteiger partial charge in [0.1, 0.15) is 18.3 Å². The van der Waals surface area contributed by atoms with Gasteiger partial charge in [-0.25, -0.2) is 0 Å². The first-order valence-electron chi connectivity index (χ1n) is 12.0. The minimum Gasteiger partial charge on any atom is -0.394 e. The fraction of sp³-hybridized carbons (Fsp3) is 1.00. The van der Waals surface area contributed by atoms with E-state index in [1.54, 1.807) is 7.05 Å². The van der Waals surface area contributed by atoms with Crippen LogP contribution in [0, 0.1) is 0 Å². The van der Waals surface area contributed by atoms with Crippen molar-refractivity contribution in [2.24, 2.45) is 17.2 Å². The first-order valence-corrected chi connectivity index (χ1v) is 12.0. The molecular weight excluding hydrogens is 436 g/mol. The van der Waals surface area contributed by atoms with E-state index >= 15 is 0 Å². The first kappa shape index (κ1) is 25.6. The Bertz CT molecular complexity index is 625. The van der Waals surface area contributed by atoms with Gasteiger partial charge in [-0.2, -0.15) is 0 Å². The molecule has 4 aliphatic rings. The monoisotopic (exact) mass is 476 g/mol. The van der Waals surface area contributed by atoms with Crippen molar-refractivity contribution in [3.8, 4) is 0 Å². The van der Waals surface area contributed by atoms with E-state index in [1.807, 2.05) is 0 Å². The SMILES string of the molecule is CNC1C(O[C@H]2OC(CO)[C@@H](N)CC2O)O[C@H]2CC(N)[C@@H](O[C@H]3CC[C@H](N)CC3)OC2C1O. The Labute approximate surface area is 194 Å². The Balaban J connectivity index is 1.39. The minimum atomic E-state index is -1.06. The summed E-state index contributed by atoms with van der Waals surface area (Å²) in [5.74, 6) is 0. The van der Waals surface area contributed by atoms with Crippen LogP contribution in [0.5, 0.6) is 0 Å². The van der Waals surface area contributed by atoms with E-state index in [1.165, 1.54) is 0 Å². The molecule has 7 unspecified atom stereocenters. The number of aliphatic hydroxyl groups excluding tert-OH is 3. The van der Waals surface area contributed by atoms with Gasteiger partial charge in [0, 0.05) is 12.1 Å². The van der Waals surface area contributed by atoms with Gasteiger partial charge in [-0.1, -0.05) is 0 Å². The van der Waals surface area contributed by atoms with Gasteiger partial charge in [0.25, 0.3) is 0 Å². The third-order valence-corrected chi connectivity index (χ3v) is 7.26. The fourth-order valence-corrected chi connectivity index (χ4v) is 5.22. The van der Waals surface area contributed by atoms with E-state index in [4.69, 9.17) is 40.9 Å². The zero-order valence-electron chi connectivity index (χ0n) is 19.1. The van der Waals surface area contributed by atoms with E-state index in [9.17, 15) is 15.3 Å². The molecule has 12 nitrogen and oxygen atoms in total. The van der Waals surface area contributed by atoms with Crippen molar-refractivity contribution in [2.75, 3.05) is 13.7 Å². The van der Waals surface area contributed by atoms with Crippen molar-refractivity contribution in [2.45, 2.75) is 118 Å². The summed E-state index contributed by atoms with van der Waals surface area (Å²) in [6.07, 6.45) is -2.28. The molecule has 3 heterocycles. The number of ether oxygens (including phenoxy) is 5. The molecule has 192 valence electrons. The molecule has 0 spiro atoms. The molecule has 0 bridgehead atoms. The molecule has 1 saturated carbocycles. The van der Waals surface area contributed by atoms with E-state index in [0.717, 1.165) is 25.7 Å². The summed E-state index contributed by atoms with van der Waals surface area (Å²) in [7, 11) is 1.67. The number of fused-ring (bicyclic) bond motifs is 1. The van der Waals surface area contributed by atoms with E-state index < -0.39 is 67.5 Å². The Morgan fingerprint density at radius 1 is 0.879 bits per heavy atom. The van der Waals surface area contributed by atoms with Gasteiger partial charge in [0.05, 0.1) is 37.0 Å². The quantitative estimate of drug-likeness (QED) is 0.208. The van der Waals surface area contributed by atoms with Gasteiger partial charge in [-0.3, -0.25) is 0 Å². The topological polar surface area (TPSA) is 197 Å². The van der Waals surface area contributed by atoms with Crippen LogP contribution in [0.1, 0.15) is 38.5 Å². The van der Waals surface area contributed by atoms with Crippen LogP contribution in [0.25, 0.3) is 0 Å². The number of aliphatic hydroxyl groups is 3. The Kier molecular flexibility index (Phi) is 8.58. The van der Waals surface area contributed by atoms with Crippen LogP contribution in [-0.2, 0) is 23.7 Å². The number of likely N-dealkylation sites (N-methyl/N-ethyl adjacent to an activating group) is 1. The van der Waals surface area contributed by atoms with Crippen LogP contribution in [-0.4, -0.2) is 109 Å². The molecule has 1 aliphatic carbocycles. The molecule has 4 fully saturated rings. The largest absolute Gasteiger partial charge is 0.394 e. The third-order valence-electron chi connectivity index (χ3n) is 7.26. The van der Waals surface area contributed by atoms with Crippen molar-refractivity contribution in [3.63, 3.8) is 0 Å². The number of rotatable bonds is 6. The van der Waals surface area contributed by atoms with Crippen molar-refractivity contribution in [1.82, 2.24) is 5.32 Å². The van der Waals surface area contributed by atoms with Gasteiger partial charge in [-0.15, -0.1) is 0 Å². The van der Waals surface area contributed by atoms with Gasteiger partial charge in [-0.05, 0) is 45.6 Å². The molecule has 0 aromatic rings. The lowest BCUT2D eigenvalue weighted by Gasteiger charge is -2.50. The molecule has 33 heavy (non-hydrogen) atoms. The molecule has 11 atom stereocenters. The Morgan fingerprint density at radius 2 is 1.61 bits per heavy atom. The van der Waals surface area contributed by atoms with E-state index in [2.05, 4.69) is 5.32 Å². The number of nitrogens with two attached hydrogens (primary N) is 3. The zero-order valence-corrected chi connectivity index (χ0v) is 19.1. The molecular formula is C21H40N4O8. The van der Waals surface area contributed by atoms with Crippen molar-refractivity contribution in [3.05, 3.63) is 0 Å². The predicted octanol–water partition coefficient (Wildman–Crippen LogP) is -2.80. The lowest BCUT2D eigenvalue weighted by molar-refractivity contribution is -0.365. The lowest BCUT2D eigenvalue weighted by Crippen LogP contribution is -2.68. The third kappa shape index (κ3) is 5.68. The standard InChI is InChI=1S/C21H40N4O8/c1-25-16-17(28)18-14(7-12(24)19(32-18)29-10-4-2-9(22)3-5-10)30-21(16)33-20-13(27)6-11(23)15(8-26)31-20/h9-21,25-28H,2-8,22-24H2,1H3/t9-,10-,11-,12?,13?,14-,15?,16?,17?,18?,19-,20+,21?/m0/s1. The summed E-state index contributed by atoms with van der Waals surface area (Å²) in [6.45, 7) is -0.293. The molecule has 12 heteroatoms. The highest BCUT2D eigenvalue weighted by Gasteiger charge is 2.52. The summed E-state index contributed by atoms with van der Waals surface area (Å²) in [6, 6.07) is -1.39. The van der Waals surface area contributed by atoms with E-state index in [0.29, 0.717) is 6.42 Å². The van der Waals surface area contributed by atoms with Gasteiger partial charge in [0.15, 0.2) is 18.9 Å². The molecule has 0 aromatic heterocycles.